The van der Waals surface area contributed by atoms with E-state index in [4.69, 9.17) is 17.2 Å². The van der Waals surface area contributed by atoms with Crippen molar-refractivity contribution in [3.05, 3.63) is 121 Å². The summed E-state index contributed by atoms with van der Waals surface area (Å²) >= 11 is 5.93. The Balaban J connectivity index is 1.49. The van der Waals surface area contributed by atoms with Gasteiger partial charge in [-0.15, -0.1) is 0 Å². The monoisotopic (exact) mass is 489 g/mol. The normalized spacial score (nSPS) is 17.4. The highest BCUT2D eigenvalue weighted by Crippen LogP contribution is 2.42. The number of thiocarbonyl (C=S) groups is 1. The van der Waals surface area contributed by atoms with Crippen molar-refractivity contribution in [2.24, 2.45) is 0 Å². The molecule has 1 aliphatic rings. The van der Waals surface area contributed by atoms with E-state index >= 15 is 0 Å². The fourth-order valence-corrected chi connectivity index (χ4v) is 5.39. The Morgan fingerprint density at radius 2 is 1.56 bits per heavy atom. The van der Waals surface area contributed by atoms with E-state index in [0.29, 0.717) is 5.11 Å². The standard InChI is InChI=1S/C30H27N5S/c1-33(2)23-14-16-24(17-15-23)35-29(28(32-30(35)36)26-10-5-6-18-31-26)27-11-7-19-34(27)25-13-12-21-8-3-4-9-22(21)20-25/h3-20,28-29H,1-2H3,(H,32,36)/t28-,29-/m1/s1. The Labute approximate surface area is 216 Å². The maximum absolute atomic E-state index is 5.93. The van der Waals surface area contributed by atoms with Gasteiger partial charge in [-0.25, -0.2) is 0 Å². The molecule has 5 aromatic rings. The smallest absolute Gasteiger partial charge is 0.174 e. The van der Waals surface area contributed by atoms with Gasteiger partial charge in [0, 0.05) is 49.2 Å². The molecule has 5 nitrogen and oxygen atoms in total. The molecule has 0 unspecified atom stereocenters. The SMILES string of the molecule is CN(C)c1ccc(N2C(=S)N[C@H](c3ccccn3)[C@H]2c2cccn2-c2ccc3ccccc3c2)cc1. The average molecular weight is 490 g/mol. The number of aromatic nitrogens is 2. The fraction of sp³-hybridized carbons (Fsp3) is 0.133. The maximum atomic E-state index is 5.93. The molecule has 2 atom stereocenters. The number of nitrogens with zero attached hydrogens (tertiary/aromatic N) is 4. The predicted octanol–water partition coefficient (Wildman–Crippen LogP) is 6.27. The summed E-state index contributed by atoms with van der Waals surface area (Å²) in [6.07, 6.45) is 3.97. The number of hydrogen-bond acceptors (Lipinski definition) is 3. The summed E-state index contributed by atoms with van der Waals surface area (Å²) in [7, 11) is 4.10. The van der Waals surface area contributed by atoms with Crippen LogP contribution in [0.3, 0.4) is 0 Å². The summed E-state index contributed by atoms with van der Waals surface area (Å²) in [5.74, 6) is 0. The molecule has 0 bridgehead atoms. The van der Waals surface area contributed by atoms with E-state index in [1.54, 1.807) is 0 Å². The van der Waals surface area contributed by atoms with Crippen molar-refractivity contribution >= 4 is 39.5 Å². The first-order chi connectivity index (χ1) is 17.6. The second kappa shape index (κ2) is 9.13. The van der Waals surface area contributed by atoms with Crippen LogP contribution in [0, 0.1) is 0 Å². The zero-order chi connectivity index (χ0) is 24.6. The number of benzene rings is 3. The molecule has 0 aliphatic carbocycles. The number of pyridine rings is 1. The van der Waals surface area contributed by atoms with E-state index in [2.05, 4.69) is 111 Å². The quantitative estimate of drug-likeness (QED) is 0.295. The molecule has 178 valence electrons. The van der Waals surface area contributed by atoms with Crippen molar-refractivity contribution in [2.45, 2.75) is 12.1 Å². The molecule has 0 spiro atoms. The van der Waals surface area contributed by atoms with Crippen molar-refractivity contribution < 1.29 is 0 Å². The number of fused-ring (bicyclic) bond motifs is 1. The third-order valence-corrected chi connectivity index (χ3v) is 7.15. The van der Waals surface area contributed by atoms with Crippen LogP contribution in [0.15, 0.2) is 109 Å². The first kappa shape index (κ1) is 22.3. The summed E-state index contributed by atoms with van der Waals surface area (Å²) in [5.41, 5.74) is 5.42. The summed E-state index contributed by atoms with van der Waals surface area (Å²) in [5, 5.41) is 6.71. The molecule has 3 heterocycles. The molecule has 3 aromatic carbocycles. The van der Waals surface area contributed by atoms with Crippen LogP contribution in [-0.2, 0) is 0 Å². The minimum absolute atomic E-state index is 0.0842. The van der Waals surface area contributed by atoms with Crippen LogP contribution in [0.5, 0.6) is 0 Å². The van der Waals surface area contributed by atoms with Gasteiger partial charge in [-0.2, -0.15) is 0 Å². The molecule has 0 radical (unpaired) electrons. The predicted molar refractivity (Wildman–Crippen MR) is 152 cm³/mol. The van der Waals surface area contributed by atoms with Crippen LogP contribution in [0.1, 0.15) is 23.5 Å². The third-order valence-electron chi connectivity index (χ3n) is 6.84. The Kier molecular flexibility index (Phi) is 5.66. The zero-order valence-electron chi connectivity index (χ0n) is 20.2. The number of anilines is 2. The highest BCUT2D eigenvalue weighted by molar-refractivity contribution is 7.80. The first-order valence-electron chi connectivity index (χ1n) is 12.0. The van der Waals surface area contributed by atoms with Gasteiger partial charge in [0.05, 0.1) is 11.7 Å². The summed E-state index contributed by atoms with van der Waals surface area (Å²) < 4.78 is 2.27. The Bertz CT molecular complexity index is 1520. The molecule has 1 fully saturated rings. The fourth-order valence-electron chi connectivity index (χ4n) is 5.04. The first-order valence-corrected chi connectivity index (χ1v) is 12.5. The topological polar surface area (TPSA) is 36.3 Å². The number of hydrogen-bond donors (Lipinski definition) is 1. The van der Waals surface area contributed by atoms with E-state index in [9.17, 15) is 0 Å². The largest absolute Gasteiger partial charge is 0.378 e. The summed E-state index contributed by atoms with van der Waals surface area (Å²) in [6.45, 7) is 0. The van der Waals surface area contributed by atoms with E-state index in [0.717, 1.165) is 28.5 Å². The molecule has 0 saturated carbocycles. The highest BCUT2D eigenvalue weighted by Gasteiger charge is 2.42. The van der Waals surface area contributed by atoms with Crippen molar-refractivity contribution in [2.75, 3.05) is 23.9 Å². The van der Waals surface area contributed by atoms with Crippen molar-refractivity contribution in [3.63, 3.8) is 0 Å². The van der Waals surface area contributed by atoms with Crippen LogP contribution in [-0.4, -0.2) is 28.8 Å². The lowest BCUT2D eigenvalue weighted by Gasteiger charge is -2.29. The van der Waals surface area contributed by atoms with Gasteiger partial charge < -0.3 is 19.7 Å². The van der Waals surface area contributed by atoms with E-state index in [-0.39, 0.29) is 12.1 Å². The van der Waals surface area contributed by atoms with Gasteiger partial charge in [0.15, 0.2) is 5.11 Å². The highest BCUT2D eigenvalue weighted by atomic mass is 32.1. The second-order valence-electron chi connectivity index (χ2n) is 9.24. The molecule has 1 aliphatic heterocycles. The maximum Gasteiger partial charge on any atom is 0.174 e. The van der Waals surface area contributed by atoms with Crippen molar-refractivity contribution in [1.29, 1.82) is 0 Å². The van der Waals surface area contributed by atoms with Crippen LogP contribution in [0.4, 0.5) is 11.4 Å². The van der Waals surface area contributed by atoms with Crippen LogP contribution in [0.2, 0.25) is 0 Å². The van der Waals surface area contributed by atoms with Crippen molar-refractivity contribution in [1.82, 2.24) is 14.9 Å². The van der Waals surface area contributed by atoms with Crippen LogP contribution >= 0.6 is 12.2 Å². The summed E-state index contributed by atoms with van der Waals surface area (Å²) in [6, 6.07) is 33.7. The van der Waals surface area contributed by atoms with Gasteiger partial charge >= 0.3 is 0 Å². The van der Waals surface area contributed by atoms with E-state index in [1.807, 2.05) is 32.4 Å². The summed E-state index contributed by atoms with van der Waals surface area (Å²) in [4.78, 5) is 9.02. The second-order valence-corrected chi connectivity index (χ2v) is 9.63. The van der Waals surface area contributed by atoms with Gasteiger partial charge in [-0.3, -0.25) is 4.98 Å². The van der Waals surface area contributed by atoms with Gasteiger partial charge in [-0.1, -0.05) is 36.4 Å². The van der Waals surface area contributed by atoms with E-state index < -0.39 is 0 Å². The van der Waals surface area contributed by atoms with Crippen LogP contribution in [0.25, 0.3) is 16.5 Å². The average Bonchev–Trinajstić information content (AvgIpc) is 3.53. The lowest BCUT2D eigenvalue weighted by molar-refractivity contribution is 0.549. The number of nitrogens with one attached hydrogen (secondary N) is 1. The molecule has 6 heteroatoms. The third kappa shape index (κ3) is 3.89. The minimum Gasteiger partial charge on any atom is -0.378 e. The molecule has 1 N–H and O–H groups in total. The molecular weight excluding hydrogens is 462 g/mol. The van der Waals surface area contributed by atoms with Gasteiger partial charge in [0.25, 0.3) is 0 Å². The lowest BCUT2D eigenvalue weighted by atomic mass is 10.0. The molecule has 0 amide bonds. The molecule has 1 saturated heterocycles. The Hall–Kier alpha value is -4.16. The van der Waals surface area contributed by atoms with Gasteiger partial charge in [0.1, 0.15) is 6.04 Å². The van der Waals surface area contributed by atoms with E-state index in [1.165, 1.54) is 10.8 Å². The lowest BCUT2D eigenvalue weighted by Crippen LogP contribution is -2.30. The Morgan fingerprint density at radius 3 is 2.31 bits per heavy atom. The zero-order valence-corrected chi connectivity index (χ0v) is 21.1. The van der Waals surface area contributed by atoms with Crippen LogP contribution < -0.4 is 15.1 Å². The number of rotatable bonds is 5. The Morgan fingerprint density at radius 1 is 0.806 bits per heavy atom. The van der Waals surface area contributed by atoms with Gasteiger partial charge in [0.2, 0.25) is 0 Å². The van der Waals surface area contributed by atoms with Crippen molar-refractivity contribution in [3.8, 4) is 5.69 Å². The minimum atomic E-state index is -0.0960. The van der Waals surface area contributed by atoms with Gasteiger partial charge in [-0.05, 0) is 83.7 Å². The molecule has 36 heavy (non-hydrogen) atoms. The molecule has 2 aromatic heterocycles. The molecule has 6 rings (SSSR count). The molecular formula is C30H27N5S.